The Labute approximate surface area is 110 Å². The molecule has 1 aliphatic heterocycles. The molecule has 1 heterocycles. The predicted octanol–water partition coefficient (Wildman–Crippen LogP) is 3.48. The topological polar surface area (TPSA) is 26.3 Å². The second-order valence-corrected chi connectivity index (χ2v) is 4.34. The van der Waals surface area contributed by atoms with Crippen LogP contribution in [0.15, 0.2) is 54.1 Å². The molecule has 3 heteroatoms. The van der Waals surface area contributed by atoms with Crippen LogP contribution in [0.5, 0.6) is 5.75 Å². The molecule has 0 saturated heterocycles. The van der Waals surface area contributed by atoms with Gasteiger partial charge in [-0.2, -0.15) is 0 Å². The zero-order valence-corrected chi connectivity index (χ0v) is 10.1. The zero-order valence-electron chi connectivity index (χ0n) is 10.1. The maximum atomic E-state index is 13.2. The molecule has 19 heavy (non-hydrogen) atoms. The van der Waals surface area contributed by atoms with E-state index in [-0.39, 0.29) is 18.0 Å². The summed E-state index contributed by atoms with van der Waals surface area (Å²) < 4.78 is 18.7. The molecule has 0 aromatic heterocycles. The van der Waals surface area contributed by atoms with E-state index in [0.717, 1.165) is 5.56 Å². The van der Waals surface area contributed by atoms with Gasteiger partial charge in [0, 0.05) is 5.57 Å². The summed E-state index contributed by atoms with van der Waals surface area (Å²) in [6.07, 6.45) is 1.77. The van der Waals surface area contributed by atoms with Crippen LogP contribution in [0.4, 0.5) is 4.39 Å². The van der Waals surface area contributed by atoms with Gasteiger partial charge in [0.05, 0.1) is 5.56 Å². The first-order chi connectivity index (χ1) is 9.24. The highest BCUT2D eigenvalue weighted by Crippen LogP contribution is 2.28. The molecule has 0 N–H and O–H groups in total. The van der Waals surface area contributed by atoms with Crippen molar-refractivity contribution >= 4 is 11.9 Å². The van der Waals surface area contributed by atoms with Gasteiger partial charge in [0.1, 0.15) is 18.2 Å². The molecule has 0 radical (unpaired) electrons. The quantitative estimate of drug-likeness (QED) is 0.728. The first-order valence-electron chi connectivity index (χ1n) is 5.97. The summed E-state index contributed by atoms with van der Waals surface area (Å²) in [6.45, 7) is 0.215. The second-order valence-electron chi connectivity index (χ2n) is 4.34. The summed E-state index contributed by atoms with van der Waals surface area (Å²) in [4.78, 5) is 12.3. The number of fused-ring (bicyclic) bond motifs is 1. The number of rotatable bonds is 1. The zero-order chi connectivity index (χ0) is 13.2. The van der Waals surface area contributed by atoms with Gasteiger partial charge in [-0.15, -0.1) is 0 Å². The van der Waals surface area contributed by atoms with Crippen molar-refractivity contribution in [1.82, 2.24) is 0 Å². The molecule has 0 unspecified atom stereocenters. The largest absolute Gasteiger partial charge is 0.488 e. The Balaban J connectivity index is 2.00. The molecular formula is C16H11FO2. The molecule has 0 bridgehead atoms. The molecule has 0 amide bonds. The summed E-state index contributed by atoms with van der Waals surface area (Å²) >= 11 is 0. The summed E-state index contributed by atoms with van der Waals surface area (Å²) in [5.74, 6) is -0.169. The SMILES string of the molecule is O=C1/C(=C\c2ccccc2)COc2ccc(F)cc21. The molecule has 0 fully saturated rings. The fraction of sp³-hybridized carbons (Fsp3) is 0.0625. The highest BCUT2D eigenvalue weighted by molar-refractivity contribution is 6.14. The maximum Gasteiger partial charge on any atom is 0.196 e. The van der Waals surface area contributed by atoms with Crippen molar-refractivity contribution in [2.24, 2.45) is 0 Å². The number of Topliss-reactive ketones (excluding diaryl/α,β-unsaturated/α-hetero) is 1. The highest BCUT2D eigenvalue weighted by Gasteiger charge is 2.23. The van der Waals surface area contributed by atoms with Crippen molar-refractivity contribution in [1.29, 1.82) is 0 Å². The lowest BCUT2D eigenvalue weighted by Gasteiger charge is -2.18. The van der Waals surface area contributed by atoms with Crippen LogP contribution in [-0.2, 0) is 0 Å². The van der Waals surface area contributed by atoms with E-state index < -0.39 is 5.82 Å². The monoisotopic (exact) mass is 254 g/mol. The number of hydrogen-bond acceptors (Lipinski definition) is 2. The summed E-state index contributed by atoms with van der Waals surface area (Å²) in [5, 5.41) is 0. The minimum Gasteiger partial charge on any atom is -0.488 e. The van der Waals surface area contributed by atoms with Crippen LogP contribution >= 0.6 is 0 Å². The molecule has 0 spiro atoms. The Kier molecular flexibility index (Phi) is 2.88. The third-order valence-electron chi connectivity index (χ3n) is 3.00. The molecule has 0 saturated carbocycles. The number of carbonyl (C=O) groups excluding carboxylic acids is 1. The van der Waals surface area contributed by atoms with Gasteiger partial charge in [0.25, 0.3) is 0 Å². The van der Waals surface area contributed by atoms with E-state index in [2.05, 4.69) is 0 Å². The average Bonchev–Trinajstić information content (AvgIpc) is 2.44. The van der Waals surface area contributed by atoms with E-state index in [1.807, 2.05) is 30.3 Å². The second kappa shape index (κ2) is 4.69. The van der Waals surface area contributed by atoms with E-state index in [9.17, 15) is 9.18 Å². The summed E-state index contributed by atoms with van der Waals surface area (Å²) in [5.41, 5.74) is 1.74. The number of benzene rings is 2. The average molecular weight is 254 g/mol. The lowest BCUT2D eigenvalue weighted by molar-refractivity contribution is 0.1000. The number of hydrogen-bond donors (Lipinski definition) is 0. The van der Waals surface area contributed by atoms with E-state index in [1.165, 1.54) is 18.2 Å². The molecule has 2 nitrogen and oxygen atoms in total. The number of halogens is 1. The standard InChI is InChI=1S/C16H11FO2/c17-13-6-7-15-14(9-13)16(18)12(10-19-15)8-11-4-2-1-3-5-11/h1-9H,10H2/b12-8-. The summed E-state index contributed by atoms with van der Waals surface area (Å²) in [6, 6.07) is 13.5. The van der Waals surface area contributed by atoms with Crippen molar-refractivity contribution in [2.75, 3.05) is 6.61 Å². The number of ketones is 1. The predicted molar refractivity (Wildman–Crippen MR) is 70.6 cm³/mol. The molecule has 1 aliphatic rings. The Morgan fingerprint density at radius 3 is 2.68 bits per heavy atom. The number of carbonyl (C=O) groups is 1. The Hall–Kier alpha value is -2.42. The Morgan fingerprint density at radius 1 is 1.11 bits per heavy atom. The van der Waals surface area contributed by atoms with Crippen LogP contribution in [0.25, 0.3) is 6.08 Å². The van der Waals surface area contributed by atoms with Crippen LogP contribution in [0.1, 0.15) is 15.9 Å². The van der Waals surface area contributed by atoms with Crippen molar-refractivity contribution < 1.29 is 13.9 Å². The van der Waals surface area contributed by atoms with Gasteiger partial charge >= 0.3 is 0 Å². The highest BCUT2D eigenvalue weighted by atomic mass is 19.1. The number of ether oxygens (including phenoxy) is 1. The molecule has 3 rings (SSSR count). The molecule has 0 aliphatic carbocycles. The third kappa shape index (κ3) is 2.27. The normalized spacial score (nSPS) is 16.1. The van der Waals surface area contributed by atoms with Gasteiger partial charge in [-0.05, 0) is 29.8 Å². The first kappa shape index (κ1) is 11.7. The van der Waals surface area contributed by atoms with Gasteiger partial charge in [-0.3, -0.25) is 4.79 Å². The fourth-order valence-corrected chi connectivity index (χ4v) is 2.06. The van der Waals surface area contributed by atoms with E-state index in [4.69, 9.17) is 4.74 Å². The van der Waals surface area contributed by atoms with Crippen LogP contribution in [0.3, 0.4) is 0 Å². The Morgan fingerprint density at radius 2 is 1.89 bits per heavy atom. The van der Waals surface area contributed by atoms with E-state index >= 15 is 0 Å². The van der Waals surface area contributed by atoms with Crippen LogP contribution in [-0.4, -0.2) is 12.4 Å². The van der Waals surface area contributed by atoms with Gasteiger partial charge < -0.3 is 4.74 Å². The maximum absolute atomic E-state index is 13.2. The van der Waals surface area contributed by atoms with Crippen LogP contribution in [0, 0.1) is 5.82 Å². The van der Waals surface area contributed by atoms with Gasteiger partial charge in [-0.1, -0.05) is 30.3 Å². The minimum atomic E-state index is -0.434. The van der Waals surface area contributed by atoms with E-state index in [1.54, 1.807) is 6.08 Å². The lowest BCUT2D eigenvalue weighted by atomic mass is 9.98. The molecule has 0 atom stereocenters. The van der Waals surface area contributed by atoms with Crippen LogP contribution < -0.4 is 4.74 Å². The lowest BCUT2D eigenvalue weighted by Crippen LogP contribution is -2.19. The van der Waals surface area contributed by atoms with Crippen molar-refractivity contribution in [3.05, 3.63) is 71.0 Å². The third-order valence-corrected chi connectivity index (χ3v) is 3.00. The van der Waals surface area contributed by atoms with Crippen molar-refractivity contribution in [2.45, 2.75) is 0 Å². The van der Waals surface area contributed by atoms with Gasteiger partial charge in [0.15, 0.2) is 5.78 Å². The molecular weight excluding hydrogens is 243 g/mol. The first-order valence-corrected chi connectivity index (χ1v) is 5.97. The van der Waals surface area contributed by atoms with E-state index in [0.29, 0.717) is 11.3 Å². The van der Waals surface area contributed by atoms with Gasteiger partial charge in [-0.25, -0.2) is 4.39 Å². The molecule has 2 aromatic rings. The fourth-order valence-electron chi connectivity index (χ4n) is 2.06. The molecule has 2 aromatic carbocycles. The van der Waals surface area contributed by atoms with Crippen molar-refractivity contribution in [3.8, 4) is 5.75 Å². The van der Waals surface area contributed by atoms with Crippen LogP contribution in [0.2, 0.25) is 0 Å². The van der Waals surface area contributed by atoms with Gasteiger partial charge in [0.2, 0.25) is 0 Å². The summed E-state index contributed by atoms with van der Waals surface area (Å²) in [7, 11) is 0. The Bertz CT molecular complexity index is 660. The van der Waals surface area contributed by atoms with Crippen molar-refractivity contribution in [3.63, 3.8) is 0 Å². The molecule has 94 valence electrons. The smallest absolute Gasteiger partial charge is 0.196 e. The minimum absolute atomic E-state index is 0.176.